The van der Waals surface area contributed by atoms with Crippen molar-refractivity contribution >= 4 is 23.8 Å². The van der Waals surface area contributed by atoms with E-state index in [0.717, 1.165) is 12.8 Å². The smallest absolute Gasteiger partial charge is 0.331 e. The summed E-state index contributed by atoms with van der Waals surface area (Å²) in [5.74, 6) is -2.37. The fourth-order valence-electron chi connectivity index (χ4n) is 3.95. The number of nitrogens with zero attached hydrogens (tertiary/aromatic N) is 1. The third-order valence-corrected chi connectivity index (χ3v) is 6.19. The quantitative estimate of drug-likeness (QED) is 0.287. The number of cyclic esters (lactones) is 1. The Morgan fingerprint density at radius 1 is 1.22 bits per heavy atom. The first-order chi connectivity index (χ1) is 17.7. The van der Waals surface area contributed by atoms with Crippen LogP contribution in [0.15, 0.2) is 12.3 Å². The van der Waals surface area contributed by atoms with E-state index in [1.165, 1.54) is 26.3 Å². The lowest BCUT2D eigenvalue weighted by molar-refractivity contribution is -0.176. The number of ether oxygens (including phenoxy) is 6. The second-order valence-electron chi connectivity index (χ2n) is 8.96. The Hall–Kier alpha value is -3.41. The number of carbonyl (C=O) groups excluding carboxylic acids is 4. The van der Waals surface area contributed by atoms with E-state index in [4.69, 9.17) is 28.4 Å². The Kier molecular flexibility index (Phi) is 10.1. The lowest BCUT2D eigenvalue weighted by Crippen LogP contribution is -2.49. The Labute approximate surface area is 215 Å². The van der Waals surface area contributed by atoms with Gasteiger partial charge in [-0.25, -0.2) is 9.78 Å². The summed E-state index contributed by atoms with van der Waals surface area (Å²) in [5.41, 5.74) is -0.188. The largest absolute Gasteiger partial charge is 0.493 e. The highest BCUT2D eigenvalue weighted by molar-refractivity contribution is 5.98. The summed E-state index contributed by atoms with van der Waals surface area (Å²) in [7, 11) is 1.37. The first-order valence-corrected chi connectivity index (χ1v) is 12.3. The first-order valence-electron chi connectivity index (χ1n) is 12.3. The van der Waals surface area contributed by atoms with Gasteiger partial charge in [-0.05, 0) is 32.6 Å². The van der Waals surface area contributed by atoms with E-state index < -0.39 is 42.9 Å². The molecule has 1 aromatic heterocycles. The fraction of sp³-hybridized carbons (Fsp3) is 0.640. The number of hydrogen-bond acceptors (Lipinski definition) is 11. The molecule has 12 heteroatoms. The molecule has 4 atom stereocenters. The van der Waals surface area contributed by atoms with Crippen molar-refractivity contribution in [3.63, 3.8) is 0 Å². The van der Waals surface area contributed by atoms with Crippen molar-refractivity contribution in [2.45, 2.75) is 64.7 Å². The van der Waals surface area contributed by atoms with Crippen LogP contribution in [-0.4, -0.2) is 74.2 Å². The van der Waals surface area contributed by atoms with Gasteiger partial charge in [-0.2, -0.15) is 0 Å². The molecular formula is C25H34N2O10. The highest BCUT2D eigenvalue weighted by Crippen LogP contribution is 2.33. The fourth-order valence-corrected chi connectivity index (χ4v) is 3.95. The molecule has 204 valence electrons. The van der Waals surface area contributed by atoms with Crippen molar-refractivity contribution in [2.24, 2.45) is 11.8 Å². The SMILES string of the molecule is CC[C@H]1CCOC[C@H](NC(=O)c2nccc(OC)c2OCOC(C)=O)C(=O)O[C@@H](C)[C@@H]1OC(=O)C1CC1. The van der Waals surface area contributed by atoms with Crippen LogP contribution in [-0.2, 0) is 33.3 Å². The van der Waals surface area contributed by atoms with Crippen LogP contribution in [0.2, 0.25) is 0 Å². The Morgan fingerprint density at radius 2 is 1.97 bits per heavy atom. The number of nitrogens with one attached hydrogen (secondary N) is 1. The topological polar surface area (TPSA) is 149 Å². The molecule has 37 heavy (non-hydrogen) atoms. The predicted molar refractivity (Wildman–Crippen MR) is 127 cm³/mol. The molecule has 1 aromatic rings. The summed E-state index contributed by atoms with van der Waals surface area (Å²) in [4.78, 5) is 53.7. The molecule has 0 aromatic carbocycles. The monoisotopic (exact) mass is 522 g/mol. The van der Waals surface area contributed by atoms with Crippen LogP contribution in [0.4, 0.5) is 0 Å². The van der Waals surface area contributed by atoms with E-state index in [1.807, 2.05) is 6.92 Å². The van der Waals surface area contributed by atoms with Gasteiger partial charge in [0, 0.05) is 31.7 Å². The Balaban J connectivity index is 1.74. The maximum absolute atomic E-state index is 13.1. The molecule has 0 bridgehead atoms. The third kappa shape index (κ3) is 7.78. The lowest BCUT2D eigenvalue weighted by atomic mass is 9.92. The summed E-state index contributed by atoms with van der Waals surface area (Å²) in [6.07, 6.45) is 2.90. The normalized spacial score (nSPS) is 24.3. The van der Waals surface area contributed by atoms with Crippen LogP contribution in [0.3, 0.4) is 0 Å². The number of aromatic nitrogens is 1. The maximum Gasteiger partial charge on any atom is 0.331 e. The highest BCUT2D eigenvalue weighted by Gasteiger charge is 2.39. The molecule has 1 N–H and O–H groups in total. The maximum atomic E-state index is 13.1. The summed E-state index contributed by atoms with van der Waals surface area (Å²) < 4.78 is 32.5. The number of pyridine rings is 1. The molecule has 12 nitrogen and oxygen atoms in total. The van der Waals surface area contributed by atoms with Gasteiger partial charge in [-0.15, -0.1) is 0 Å². The van der Waals surface area contributed by atoms with Crippen molar-refractivity contribution in [1.82, 2.24) is 10.3 Å². The minimum absolute atomic E-state index is 0.0467. The van der Waals surface area contributed by atoms with Crippen LogP contribution >= 0.6 is 0 Å². The zero-order valence-corrected chi connectivity index (χ0v) is 21.5. The first kappa shape index (κ1) is 28.2. The minimum Gasteiger partial charge on any atom is -0.493 e. The van der Waals surface area contributed by atoms with E-state index >= 15 is 0 Å². The molecule has 0 unspecified atom stereocenters. The van der Waals surface area contributed by atoms with E-state index in [9.17, 15) is 19.2 Å². The van der Waals surface area contributed by atoms with Crippen molar-refractivity contribution in [3.05, 3.63) is 18.0 Å². The Bertz CT molecular complexity index is 980. The molecular weight excluding hydrogens is 488 g/mol. The molecule has 3 rings (SSSR count). The average molecular weight is 523 g/mol. The summed E-state index contributed by atoms with van der Waals surface area (Å²) in [6, 6.07) is 0.303. The molecule has 1 saturated carbocycles. The van der Waals surface area contributed by atoms with Crippen molar-refractivity contribution < 1.29 is 47.6 Å². The summed E-state index contributed by atoms with van der Waals surface area (Å²) in [5, 5.41) is 2.57. The lowest BCUT2D eigenvalue weighted by Gasteiger charge is -2.33. The van der Waals surface area contributed by atoms with E-state index in [2.05, 4.69) is 10.3 Å². The molecule has 2 heterocycles. The summed E-state index contributed by atoms with van der Waals surface area (Å²) >= 11 is 0. The van der Waals surface area contributed by atoms with Gasteiger partial charge in [-0.1, -0.05) is 6.92 Å². The molecule has 1 saturated heterocycles. The van der Waals surface area contributed by atoms with Gasteiger partial charge < -0.3 is 33.7 Å². The second kappa shape index (κ2) is 13.2. The van der Waals surface area contributed by atoms with Crippen molar-refractivity contribution in [2.75, 3.05) is 27.1 Å². The minimum atomic E-state index is -1.16. The van der Waals surface area contributed by atoms with Gasteiger partial charge in [0.15, 0.2) is 23.2 Å². The standard InChI is InChI=1S/C25H34N2O10/c1-5-16-9-11-33-12-18(25(31)36-14(2)21(16)37-24(30)17-6-7-17)27-23(29)20-22(35-13-34-15(3)28)19(32-4)8-10-26-20/h8,10,14,16-18,21H,5-7,9,11-13H2,1-4H3,(H,27,29)/t14-,16-,18-,21-/m0/s1. The average Bonchev–Trinajstić information content (AvgIpc) is 3.71. The van der Waals surface area contributed by atoms with Crippen molar-refractivity contribution in [3.8, 4) is 11.5 Å². The van der Waals surface area contributed by atoms with E-state index in [0.29, 0.717) is 19.4 Å². The predicted octanol–water partition coefficient (Wildman–Crippen LogP) is 1.79. The highest BCUT2D eigenvalue weighted by atomic mass is 16.7. The van der Waals surface area contributed by atoms with Gasteiger partial charge >= 0.3 is 17.9 Å². The Morgan fingerprint density at radius 3 is 2.62 bits per heavy atom. The molecule has 1 aliphatic heterocycles. The van der Waals surface area contributed by atoms with Crippen LogP contribution < -0.4 is 14.8 Å². The summed E-state index contributed by atoms with van der Waals surface area (Å²) in [6.45, 7) is 4.57. The van der Waals surface area contributed by atoms with E-state index in [1.54, 1.807) is 6.92 Å². The van der Waals surface area contributed by atoms with Gasteiger partial charge in [0.25, 0.3) is 5.91 Å². The van der Waals surface area contributed by atoms with Crippen molar-refractivity contribution in [1.29, 1.82) is 0 Å². The van der Waals surface area contributed by atoms with Crippen LogP contribution in [0.25, 0.3) is 0 Å². The third-order valence-electron chi connectivity index (χ3n) is 6.19. The number of carbonyl (C=O) groups is 4. The number of methoxy groups -OCH3 is 1. The van der Waals surface area contributed by atoms with Crippen LogP contribution in [0, 0.1) is 11.8 Å². The molecule has 1 aliphatic carbocycles. The molecule has 0 radical (unpaired) electrons. The number of hydrogen-bond donors (Lipinski definition) is 1. The van der Waals surface area contributed by atoms with E-state index in [-0.39, 0.29) is 41.6 Å². The van der Waals surface area contributed by atoms with Crippen LogP contribution in [0.1, 0.15) is 56.9 Å². The van der Waals surface area contributed by atoms with Gasteiger partial charge in [-0.3, -0.25) is 14.4 Å². The number of rotatable bonds is 9. The number of esters is 3. The second-order valence-corrected chi connectivity index (χ2v) is 8.96. The zero-order chi connectivity index (χ0) is 26.9. The zero-order valence-electron chi connectivity index (χ0n) is 21.5. The molecule has 0 spiro atoms. The molecule has 1 amide bonds. The van der Waals surface area contributed by atoms with Crippen LogP contribution in [0.5, 0.6) is 11.5 Å². The molecule has 2 aliphatic rings. The van der Waals surface area contributed by atoms with Gasteiger partial charge in [0.2, 0.25) is 6.79 Å². The van der Waals surface area contributed by atoms with Gasteiger partial charge in [0.1, 0.15) is 12.2 Å². The molecule has 2 fully saturated rings. The number of amides is 1. The van der Waals surface area contributed by atoms with Gasteiger partial charge in [0.05, 0.1) is 19.6 Å².